The van der Waals surface area contributed by atoms with Crippen LogP contribution in [-0.4, -0.2) is 11.8 Å². The fourth-order valence-corrected chi connectivity index (χ4v) is 2.12. The predicted octanol–water partition coefficient (Wildman–Crippen LogP) is 3.65. The Hall–Kier alpha value is -2.42. The third-order valence-electron chi connectivity index (χ3n) is 3.16. The Labute approximate surface area is 120 Å². The molecule has 0 aliphatic carbocycles. The first-order valence-electron chi connectivity index (χ1n) is 6.43. The molecule has 0 amide bonds. The fraction of sp³-hybridized carbons (Fsp3) is 0.333. The molecule has 0 fully saturated rings. The Balaban J connectivity index is 1.98. The van der Waals surface area contributed by atoms with Crippen LogP contribution in [0.3, 0.4) is 0 Å². The molecule has 0 aliphatic rings. The van der Waals surface area contributed by atoms with Crippen LogP contribution in [0.25, 0.3) is 0 Å². The van der Waals surface area contributed by atoms with E-state index in [1.54, 1.807) is 13.8 Å². The summed E-state index contributed by atoms with van der Waals surface area (Å²) in [6.45, 7) is 3.72. The zero-order chi connectivity index (χ0) is 15.4. The third kappa shape index (κ3) is 3.37. The molecule has 110 valence electrons. The quantitative estimate of drug-likeness (QED) is 0.844. The van der Waals surface area contributed by atoms with E-state index in [2.05, 4.69) is 11.2 Å². The molecule has 6 heteroatoms. The topological polar surface area (TPSA) is 59.0 Å². The number of rotatable bonds is 5. The standard InChI is InChI=1S/C15H14F2N2O2/c1-9-15(10(2)21-19-9)11(8-18)5-6-20-12-3-4-13(16)14(17)7-12/h3-4,7,11H,5-6H2,1-2H3. The Morgan fingerprint density at radius 2 is 2.10 bits per heavy atom. The molecule has 0 N–H and O–H groups in total. The molecule has 0 aliphatic heterocycles. The number of nitriles is 1. The normalized spacial score (nSPS) is 12.0. The van der Waals surface area contributed by atoms with Crippen molar-refractivity contribution in [1.29, 1.82) is 5.26 Å². The lowest BCUT2D eigenvalue weighted by molar-refractivity contribution is 0.302. The summed E-state index contributed by atoms with van der Waals surface area (Å²) in [7, 11) is 0. The van der Waals surface area contributed by atoms with Gasteiger partial charge < -0.3 is 9.26 Å². The van der Waals surface area contributed by atoms with Crippen molar-refractivity contribution >= 4 is 0 Å². The molecule has 0 saturated carbocycles. The van der Waals surface area contributed by atoms with E-state index in [1.807, 2.05) is 0 Å². The molecule has 1 aromatic heterocycles. The number of aromatic nitrogens is 1. The zero-order valence-electron chi connectivity index (χ0n) is 11.7. The molecular formula is C15H14F2N2O2. The van der Waals surface area contributed by atoms with Crippen LogP contribution in [0.15, 0.2) is 22.7 Å². The zero-order valence-corrected chi connectivity index (χ0v) is 11.7. The molecule has 21 heavy (non-hydrogen) atoms. The number of hydrogen-bond donors (Lipinski definition) is 0. The number of halogens is 2. The van der Waals surface area contributed by atoms with Crippen LogP contribution in [0.4, 0.5) is 8.78 Å². The largest absolute Gasteiger partial charge is 0.493 e. The second-order valence-corrected chi connectivity index (χ2v) is 4.63. The van der Waals surface area contributed by atoms with Crippen LogP contribution in [0.2, 0.25) is 0 Å². The molecule has 2 rings (SSSR count). The van der Waals surface area contributed by atoms with E-state index in [0.29, 0.717) is 17.9 Å². The molecule has 0 radical (unpaired) electrons. The summed E-state index contributed by atoms with van der Waals surface area (Å²) in [6, 6.07) is 5.50. The lowest BCUT2D eigenvalue weighted by Gasteiger charge is -2.10. The minimum Gasteiger partial charge on any atom is -0.493 e. The maximum Gasteiger partial charge on any atom is 0.162 e. The molecule has 1 aromatic carbocycles. The molecule has 0 bridgehead atoms. The Kier molecular flexibility index (Phi) is 4.53. The summed E-state index contributed by atoms with van der Waals surface area (Å²) in [5.74, 6) is -1.47. The van der Waals surface area contributed by atoms with Crippen LogP contribution in [0, 0.1) is 36.8 Å². The van der Waals surface area contributed by atoms with Crippen molar-refractivity contribution in [3.8, 4) is 11.8 Å². The molecular weight excluding hydrogens is 278 g/mol. The van der Waals surface area contributed by atoms with Crippen molar-refractivity contribution in [2.45, 2.75) is 26.2 Å². The summed E-state index contributed by atoms with van der Waals surface area (Å²) >= 11 is 0. The van der Waals surface area contributed by atoms with Gasteiger partial charge in [0.05, 0.1) is 24.3 Å². The SMILES string of the molecule is Cc1noc(C)c1C(C#N)CCOc1ccc(F)c(F)c1. The van der Waals surface area contributed by atoms with Crippen LogP contribution in [0.1, 0.15) is 29.4 Å². The molecule has 1 unspecified atom stereocenters. The van der Waals surface area contributed by atoms with Gasteiger partial charge in [0, 0.05) is 18.1 Å². The molecule has 4 nitrogen and oxygen atoms in total. The van der Waals surface area contributed by atoms with E-state index in [4.69, 9.17) is 9.26 Å². The highest BCUT2D eigenvalue weighted by atomic mass is 19.2. The summed E-state index contributed by atoms with van der Waals surface area (Å²) < 4.78 is 36.2. The second kappa shape index (κ2) is 6.35. The molecule has 1 atom stereocenters. The summed E-state index contributed by atoms with van der Waals surface area (Å²) in [5, 5.41) is 13.1. The van der Waals surface area contributed by atoms with Gasteiger partial charge in [0.2, 0.25) is 0 Å². The van der Waals surface area contributed by atoms with Gasteiger partial charge in [0.15, 0.2) is 11.6 Å². The van der Waals surface area contributed by atoms with Crippen LogP contribution in [-0.2, 0) is 0 Å². The van der Waals surface area contributed by atoms with Gasteiger partial charge in [-0.3, -0.25) is 0 Å². The van der Waals surface area contributed by atoms with Gasteiger partial charge in [0.25, 0.3) is 0 Å². The summed E-state index contributed by atoms with van der Waals surface area (Å²) in [4.78, 5) is 0. The number of benzene rings is 1. The van der Waals surface area contributed by atoms with E-state index in [9.17, 15) is 14.0 Å². The maximum atomic E-state index is 13.0. The Morgan fingerprint density at radius 1 is 1.33 bits per heavy atom. The molecule has 1 heterocycles. The van der Waals surface area contributed by atoms with Gasteiger partial charge in [0.1, 0.15) is 11.5 Å². The number of hydrogen-bond acceptors (Lipinski definition) is 4. The number of nitrogens with zero attached hydrogens (tertiary/aromatic N) is 2. The molecule has 2 aromatic rings. The van der Waals surface area contributed by atoms with Gasteiger partial charge in [-0.05, 0) is 26.0 Å². The minimum atomic E-state index is -0.963. The minimum absolute atomic E-state index is 0.202. The molecule has 0 spiro atoms. The summed E-state index contributed by atoms with van der Waals surface area (Å²) in [5.41, 5.74) is 1.43. The van der Waals surface area contributed by atoms with E-state index in [0.717, 1.165) is 17.7 Å². The van der Waals surface area contributed by atoms with Crippen LogP contribution < -0.4 is 4.74 Å². The number of ether oxygens (including phenoxy) is 1. The van der Waals surface area contributed by atoms with E-state index < -0.39 is 17.6 Å². The van der Waals surface area contributed by atoms with E-state index >= 15 is 0 Å². The van der Waals surface area contributed by atoms with Gasteiger partial charge >= 0.3 is 0 Å². The van der Waals surface area contributed by atoms with E-state index in [-0.39, 0.29) is 12.4 Å². The van der Waals surface area contributed by atoms with E-state index in [1.165, 1.54) is 6.07 Å². The highest BCUT2D eigenvalue weighted by Crippen LogP contribution is 2.26. The average molecular weight is 292 g/mol. The monoisotopic (exact) mass is 292 g/mol. The number of aryl methyl sites for hydroxylation is 2. The van der Waals surface area contributed by atoms with Crippen molar-refractivity contribution < 1.29 is 18.0 Å². The van der Waals surface area contributed by atoms with Crippen molar-refractivity contribution in [2.75, 3.05) is 6.61 Å². The predicted molar refractivity (Wildman–Crippen MR) is 70.8 cm³/mol. The fourth-order valence-electron chi connectivity index (χ4n) is 2.12. The van der Waals surface area contributed by atoms with Crippen molar-refractivity contribution in [1.82, 2.24) is 5.16 Å². The first-order valence-corrected chi connectivity index (χ1v) is 6.43. The maximum absolute atomic E-state index is 13.0. The Morgan fingerprint density at radius 3 is 2.67 bits per heavy atom. The van der Waals surface area contributed by atoms with Gasteiger partial charge in [-0.1, -0.05) is 5.16 Å². The highest BCUT2D eigenvalue weighted by molar-refractivity contribution is 5.30. The molecule has 0 saturated heterocycles. The highest BCUT2D eigenvalue weighted by Gasteiger charge is 2.20. The first kappa shape index (κ1) is 15.0. The summed E-state index contributed by atoms with van der Waals surface area (Å²) in [6.07, 6.45) is 0.401. The average Bonchev–Trinajstić information content (AvgIpc) is 2.79. The third-order valence-corrected chi connectivity index (χ3v) is 3.16. The van der Waals surface area contributed by atoms with Crippen molar-refractivity contribution in [3.05, 3.63) is 46.9 Å². The van der Waals surface area contributed by atoms with Gasteiger partial charge in [-0.25, -0.2) is 8.78 Å². The van der Waals surface area contributed by atoms with Crippen LogP contribution in [0.5, 0.6) is 5.75 Å². The van der Waals surface area contributed by atoms with Gasteiger partial charge in [-0.15, -0.1) is 0 Å². The second-order valence-electron chi connectivity index (χ2n) is 4.63. The Bertz CT molecular complexity index is 657. The van der Waals surface area contributed by atoms with Crippen molar-refractivity contribution in [3.63, 3.8) is 0 Å². The first-order chi connectivity index (χ1) is 10.0. The smallest absolute Gasteiger partial charge is 0.162 e. The van der Waals surface area contributed by atoms with Gasteiger partial charge in [-0.2, -0.15) is 5.26 Å². The lowest BCUT2D eigenvalue weighted by atomic mass is 9.96. The van der Waals surface area contributed by atoms with Crippen molar-refractivity contribution in [2.24, 2.45) is 0 Å². The lowest BCUT2D eigenvalue weighted by Crippen LogP contribution is -2.06. The van der Waals surface area contributed by atoms with Crippen LogP contribution >= 0.6 is 0 Å².